The highest BCUT2D eigenvalue weighted by atomic mass is 19.2. The lowest BCUT2D eigenvalue weighted by atomic mass is 9.84. The molecule has 27 heavy (non-hydrogen) atoms. The van der Waals surface area contributed by atoms with Gasteiger partial charge >= 0.3 is 5.97 Å². The van der Waals surface area contributed by atoms with Crippen LogP contribution in [0.1, 0.15) is 17.0 Å². The van der Waals surface area contributed by atoms with Crippen molar-refractivity contribution in [1.29, 1.82) is 0 Å². The normalized spacial score (nSPS) is 21.6. The Morgan fingerprint density at radius 3 is 2.59 bits per heavy atom. The zero-order valence-electron chi connectivity index (χ0n) is 14.7. The van der Waals surface area contributed by atoms with Gasteiger partial charge in [0.2, 0.25) is 5.82 Å². The molecule has 0 unspecified atom stereocenters. The van der Waals surface area contributed by atoms with Gasteiger partial charge in [-0.1, -0.05) is 42.3 Å². The van der Waals surface area contributed by atoms with Gasteiger partial charge < -0.3 is 14.2 Å². The Kier molecular flexibility index (Phi) is 5.72. The summed E-state index contributed by atoms with van der Waals surface area (Å²) < 4.78 is 43.8. The molecule has 2 aromatic carbocycles. The Balaban J connectivity index is 1.84. The second-order valence-corrected chi connectivity index (χ2v) is 6.13. The molecule has 0 saturated carbocycles. The lowest BCUT2D eigenvalue weighted by Gasteiger charge is -2.22. The molecule has 6 heteroatoms. The minimum absolute atomic E-state index is 0.0611. The van der Waals surface area contributed by atoms with Crippen molar-refractivity contribution in [2.24, 2.45) is 5.92 Å². The van der Waals surface area contributed by atoms with Gasteiger partial charge in [0.05, 0.1) is 26.2 Å². The van der Waals surface area contributed by atoms with Gasteiger partial charge in [0.25, 0.3) is 0 Å². The molecular formula is C21H18F2O4. The van der Waals surface area contributed by atoms with E-state index in [-0.39, 0.29) is 17.9 Å². The quantitative estimate of drug-likeness (QED) is 0.576. The first-order chi connectivity index (χ1) is 13.1. The second-order valence-electron chi connectivity index (χ2n) is 6.13. The molecule has 1 aliphatic heterocycles. The molecule has 140 valence electrons. The largest absolute Gasteiger partial charge is 0.493 e. The minimum atomic E-state index is -1.13. The average molecular weight is 372 g/mol. The third-order valence-corrected chi connectivity index (χ3v) is 4.50. The molecule has 1 aliphatic rings. The molecule has 3 rings (SSSR count). The van der Waals surface area contributed by atoms with Crippen LogP contribution < -0.4 is 4.74 Å². The Labute approximate surface area is 156 Å². The summed E-state index contributed by atoms with van der Waals surface area (Å²) in [5, 5.41) is 0. The van der Waals surface area contributed by atoms with E-state index in [0.717, 1.165) is 11.6 Å². The van der Waals surface area contributed by atoms with Gasteiger partial charge in [-0.05, 0) is 11.6 Å². The number of esters is 1. The summed E-state index contributed by atoms with van der Waals surface area (Å²) in [6, 6.07) is 11.8. The number of ether oxygens (including phenoxy) is 3. The van der Waals surface area contributed by atoms with Crippen molar-refractivity contribution in [2.45, 2.75) is 18.6 Å². The van der Waals surface area contributed by atoms with Crippen LogP contribution in [0.2, 0.25) is 0 Å². The molecular weight excluding hydrogens is 354 g/mol. The zero-order chi connectivity index (χ0) is 19.4. The molecule has 1 heterocycles. The van der Waals surface area contributed by atoms with Crippen molar-refractivity contribution in [3.63, 3.8) is 0 Å². The van der Waals surface area contributed by atoms with Gasteiger partial charge in [0.1, 0.15) is 12.0 Å². The molecule has 0 bridgehead atoms. The number of terminal acetylenes is 1. The molecule has 0 radical (unpaired) electrons. The number of hydrogen-bond donors (Lipinski definition) is 0. The first-order valence-electron chi connectivity index (χ1n) is 8.37. The van der Waals surface area contributed by atoms with Crippen molar-refractivity contribution < 1.29 is 27.8 Å². The average Bonchev–Trinajstić information content (AvgIpc) is 2.99. The molecule has 4 nitrogen and oxygen atoms in total. The molecule has 0 spiro atoms. The summed E-state index contributed by atoms with van der Waals surface area (Å²) in [5.41, 5.74) is 1.23. The molecule has 0 amide bonds. The maximum atomic E-state index is 14.1. The van der Waals surface area contributed by atoms with Crippen molar-refractivity contribution >= 4 is 5.97 Å². The van der Waals surface area contributed by atoms with E-state index < -0.39 is 35.5 Å². The predicted octanol–water partition coefficient (Wildman–Crippen LogP) is 3.45. The van der Waals surface area contributed by atoms with Crippen molar-refractivity contribution in [2.75, 3.05) is 13.7 Å². The maximum Gasteiger partial charge on any atom is 0.322 e. The number of cyclic esters (lactones) is 1. The predicted molar refractivity (Wildman–Crippen MR) is 94.0 cm³/mol. The molecule has 0 N–H and O–H groups in total. The monoisotopic (exact) mass is 372 g/mol. The molecule has 2 aromatic rings. The van der Waals surface area contributed by atoms with E-state index in [9.17, 15) is 13.6 Å². The fraction of sp³-hybridized carbons (Fsp3) is 0.286. The smallest absolute Gasteiger partial charge is 0.322 e. The summed E-state index contributed by atoms with van der Waals surface area (Å²) in [7, 11) is 1.23. The van der Waals surface area contributed by atoms with Crippen LogP contribution in [0.5, 0.6) is 5.75 Å². The number of hydrogen-bond acceptors (Lipinski definition) is 4. The Morgan fingerprint density at radius 1 is 1.19 bits per heavy atom. The highest BCUT2D eigenvalue weighted by Gasteiger charge is 2.46. The van der Waals surface area contributed by atoms with Gasteiger partial charge in [0, 0.05) is 5.56 Å². The number of carbonyl (C=O) groups excluding carboxylic acids is 1. The van der Waals surface area contributed by atoms with E-state index in [2.05, 4.69) is 5.92 Å². The van der Waals surface area contributed by atoms with Crippen LogP contribution in [0.4, 0.5) is 8.78 Å². The van der Waals surface area contributed by atoms with Crippen LogP contribution in [0, 0.1) is 29.9 Å². The zero-order valence-corrected chi connectivity index (χ0v) is 14.7. The van der Waals surface area contributed by atoms with Crippen LogP contribution in [0.3, 0.4) is 0 Å². The van der Waals surface area contributed by atoms with Crippen LogP contribution in [-0.2, 0) is 20.9 Å². The van der Waals surface area contributed by atoms with E-state index in [1.165, 1.54) is 13.2 Å². The Morgan fingerprint density at radius 2 is 1.93 bits per heavy atom. The van der Waals surface area contributed by atoms with Crippen molar-refractivity contribution in [1.82, 2.24) is 0 Å². The number of rotatable bonds is 6. The SMILES string of the molecule is C#C[C@@H]1C(=O)O[C@H](COCc2ccccc2)[C@@H]1c1ccc(F)c(F)c1OC. The van der Waals surface area contributed by atoms with Gasteiger partial charge in [-0.3, -0.25) is 4.79 Å². The third kappa shape index (κ3) is 3.79. The van der Waals surface area contributed by atoms with Crippen LogP contribution in [-0.4, -0.2) is 25.8 Å². The van der Waals surface area contributed by atoms with Gasteiger partial charge in [-0.2, -0.15) is 4.39 Å². The van der Waals surface area contributed by atoms with Gasteiger partial charge in [-0.15, -0.1) is 6.42 Å². The molecule has 1 saturated heterocycles. The summed E-state index contributed by atoms with van der Waals surface area (Å²) in [6.45, 7) is 0.378. The van der Waals surface area contributed by atoms with Crippen LogP contribution >= 0.6 is 0 Å². The topological polar surface area (TPSA) is 44.8 Å². The fourth-order valence-electron chi connectivity index (χ4n) is 3.23. The Hall–Kier alpha value is -2.91. The number of benzene rings is 2. The summed E-state index contributed by atoms with van der Waals surface area (Å²) in [5.74, 6) is -2.31. The molecule has 0 aromatic heterocycles. The van der Waals surface area contributed by atoms with E-state index in [0.29, 0.717) is 6.61 Å². The molecule has 0 aliphatic carbocycles. The fourth-order valence-corrected chi connectivity index (χ4v) is 3.23. The first kappa shape index (κ1) is 18.9. The lowest BCUT2D eigenvalue weighted by Crippen LogP contribution is -2.24. The minimum Gasteiger partial charge on any atom is -0.493 e. The maximum absolute atomic E-state index is 14.1. The van der Waals surface area contributed by atoms with Gasteiger partial charge in [-0.25, -0.2) is 4.39 Å². The van der Waals surface area contributed by atoms with Crippen LogP contribution in [0.15, 0.2) is 42.5 Å². The number of carbonyl (C=O) groups is 1. The highest BCUT2D eigenvalue weighted by Crippen LogP contribution is 2.42. The highest BCUT2D eigenvalue weighted by molar-refractivity contribution is 5.80. The summed E-state index contributed by atoms with van der Waals surface area (Å²) in [4.78, 5) is 12.2. The van der Waals surface area contributed by atoms with E-state index >= 15 is 0 Å². The lowest BCUT2D eigenvalue weighted by molar-refractivity contribution is -0.145. The van der Waals surface area contributed by atoms with E-state index in [1.807, 2.05) is 30.3 Å². The van der Waals surface area contributed by atoms with Crippen molar-refractivity contribution in [3.05, 3.63) is 65.2 Å². The van der Waals surface area contributed by atoms with Gasteiger partial charge in [0.15, 0.2) is 11.6 Å². The van der Waals surface area contributed by atoms with E-state index in [4.69, 9.17) is 20.6 Å². The second kappa shape index (κ2) is 8.19. The molecule has 3 atom stereocenters. The summed E-state index contributed by atoms with van der Waals surface area (Å²) in [6.07, 6.45) is 4.76. The summed E-state index contributed by atoms with van der Waals surface area (Å²) >= 11 is 0. The van der Waals surface area contributed by atoms with E-state index in [1.54, 1.807) is 0 Å². The standard InChI is InChI=1S/C21H18F2O4/c1-3-14-18(15-9-10-16(22)19(23)20(15)25-2)17(27-21(14)24)12-26-11-13-7-5-4-6-8-13/h1,4-10,14,17-18H,11-12H2,2H3/t14-,17+,18-/m0/s1. The number of halogens is 2. The first-order valence-corrected chi connectivity index (χ1v) is 8.37. The van der Waals surface area contributed by atoms with Crippen LogP contribution in [0.25, 0.3) is 0 Å². The third-order valence-electron chi connectivity index (χ3n) is 4.50. The Bertz CT molecular complexity index is 860. The van der Waals surface area contributed by atoms with Crippen molar-refractivity contribution in [3.8, 4) is 18.1 Å². The number of methoxy groups -OCH3 is 1. The molecule has 1 fully saturated rings.